The quantitative estimate of drug-likeness (QED) is 0.636. The first-order valence-corrected chi connectivity index (χ1v) is 11.3. The molecule has 0 radical (unpaired) electrons. The Kier molecular flexibility index (Phi) is 5.93. The lowest BCUT2D eigenvalue weighted by Gasteiger charge is -2.45. The highest BCUT2D eigenvalue weighted by atomic mass is 16.5. The van der Waals surface area contributed by atoms with Crippen LogP contribution in [0.5, 0.6) is 0 Å². The number of carbonyl (C=O) groups excluding carboxylic acids is 1. The van der Waals surface area contributed by atoms with E-state index >= 15 is 0 Å². The van der Waals surface area contributed by atoms with Crippen LogP contribution in [-0.4, -0.2) is 36.1 Å². The minimum atomic E-state index is -0.488. The maximum atomic E-state index is 13.0. The Morgan fingerprint density at radius 3 is 2.09 bits per heavy atom. The van der Waals surface area contributed by atoms with Gasteiger partial charge in [-0.05, 0) is 36.1 Å². The summed E-state index contributed by atoms with van der Waals surface area (Å²) in [7, 11) is 0. The minimum absolute atomic E-state index is 0.136. The number of hydrogen-bond acceptors (Lipinski definition) is 4. The lowest BCUT2D eigenvalue weighted by atomic mass is 9.85. The highest BCUT2D eigenvalue weighted by Gasteiger charge is 2.51. The lowest BCUT2D eigenvalue weighted by Crippen LogP contribution is -2.57. The first-order valence-electron chi connectivity index (χ1n) is 11.3. The van der Waals surface area contributed by atoms with E-state index in [1.807, 2.05) is 42.5 Å². The maximum Gasteiger partial charge on any atom is 0.247 e. The van der Waals surface area contributed by atoms with Crippen LogP contribution in [0.25, 0.3) is 0 Å². The molecule has 1 atom stereocenters. The monoisotopic (exact) mass is 427 g/mol. The first-order chi connectivity index (χ1) is 15.8. The summed E-state index contributed by atoms with van der Waals surface area (Å²) in [5, 5.41) is 3.09. The third-order valence-electron chi connectivity index (χ3n) is 6.70. The molecule has 2 aliphatic heterocycles. The number of ether oxygens (including phenoxy) is 1. The lowest BCUT2D eigenvalue weighted by molar-refractivity contribution is -0.128. The molecule has 5 heteroatoms. The van der Waals surface area contributed by atoms with Crippen molar-refractivity contribution >= 4 is 11.6 Å². The Hall–Kier alpha value is -3.15. The number of anilines is 1. The molecule has 164 valence electrons. The zero-order chi connectivity index (χ0) is 21.8. The number of para-hydroxylation sites is 1. The van der Waals surface area contributed by atoms with Gasteiger partial charge in [0.15, 0.2) is 0 Å². The van der Waals surface area contributed by atoms with E-state index in [4.69, 9.17) is 4.74 Å². The number of likely N-dealkylation sites (tertiary alicyclic amines) is 1. The molecule has 2 fully saturated rings. The van der Waals surface area contributed by atoms with Crippen LogP contribution in [0.15, 0.2) is 91.0 Å². The average molecular weight is 428 g/mol. The molecule has 1 amide bonds. The molecule has 0 aliphatic carbocycles. The van der Waals surface area contributed by atoms with Crippen molar-refractivity contribution in [2.75, 3.05) is 24.7 Å². The van der Waals surface area contributed by atoms with E-state index in [0.717, 1.165) is 42.7 Å². The van der Waals surface area contributed by atoms with Gasteiger partial charge in [0.25, 0.3) is 0 Å². The predicted octanol–water partition coefficient (Wildman–Crippen LogP) is 4.33. The van der Waals surface area contributed by atoms with Crippen molar-refractivity contribution in [3.63, 3.8) is 0 Å². The van der Waals surface area contributed by atoms with Gasteiger partial charge >= 0.3 is 0 Å². The summed E-state index contributed by atoms with van der Waals surface area (Å²) in [6.07, 6.45) is 1.40. The maximum absolute atomic E-state index is 13.0. The van der Waals surface area contributed by atoms with Crippen molar-refractivity contribution in [3.05, 3.63) is 102 Å². The molecule has 3 aromatic carbocycles. The largest absolute Gasteiger partial charge is 0.354 e. The summed E-state index contributed by atoms with van der Waals surface area (Å²) >= 11 is 0. The summed E-state index contributed by atoms with van der Waals surface area (Å²) in [6, 6.07) is 30.9. The molecule has 1 N–H and O–H groups in total. The van der Waals surface area contributed by atoms with Crippen LogP contribution >= 0.6 is 0 Å². The molecule has 0 aromatic heterocycles. The topological polar surface area (TPSA) is 44.8 Å². The molecule has 2 saturated heterocycles. The molecule has 2 aliphatic rings. The fraction of sp³-hybridized carbons (Fsp3) is 0.296. The van der Waals surface area contributed by atoms with E-state index < -0.39 is 5.54 Å². The van der Waals surface area contributed by atoms with Crippen LogP contribution in [-0.2, 0) is 16.1 Å². The number of hydrogen-bond donors (Lipinski definition) is 1. The van der Waals surface area contributed by atoms with Gasteiger partial charge < -0.3 is 15.0 Å². The molecule has 32 heavy (non-hydrogen) atoms. The number of nitrogens with one attached hydrogen (secondary N) is 1. The van der Waals surface area contributed by atoms with Crippen LogP contribution in [0.1, 0.15) is 30.2 Å². The predicted molar refractivity (Wildman–Crippen MR) is 126 cm³/mol. The van der Waals surface area contributed by atoms with Gasteiger partial charge in [-0.15, -0.1) is 0 Å². The Labute approximate surface area is 189 Å². The molecular weight excluding hydrogens is 398 g/mol. The second-order valence-electron chi connectivity index (χ2n) is 8.55. The highest BCUT2D eigenvalue weighted by molar-refractivity contribution is 5.93. The fourth-order valence-corrected chi connectivity index (χ4v) is 4.94. The molecule has 5 nitrogen and oxygen atoms in total. The van der Waals surface area contributed by atoms with Crippen molar-refractivity contribution in [1.82, 2.24) is 10.2 Å². The van der Waals surface area contributed by atoms with Crippen LogP contribution < -0.4 is 10.2 Å². The number of nitrogens with zero attached hydrogens (tertiary/aromatic N) is 2. The molecular formula is C27H29N3O2. The number of amides is 1. The van der Waals surface area contributed by atoms with Gasteiger partial charge in [-0.25, -0.2) is 0 Å². The third-order valence-corrected chi connectivity index (χ3v) is 6.70. The zero-order valence-corrected chi connectivity index (χ0v) is 18.2. The third kappa shape index (κ3) is 4.01. The van der Waals surface area contributed by atoms with Gasteiger partial charge in [0.05, 0.1) is 13.3 Å². The highest BCUT2D eigenvalue weighted by Crippen LogP contribution is 2.38. The molecule has 1 spiro atoms. The molecule has 0 saturated carbocycles. The summed E-state index contributed by atoms with van der Waals surface area (Å²) < 4.78 is 6.45. The Morgan fingerprint density at radius 1 is 0.844 bits per heavy atom. The van der Waals surface area contributed by atoms with E-state index in [0.29, 0.717) is 13.3 Å². The molecule has 2 heterocycles. The van der Waals surface area contributed by atoms with Crippen molar-refractivity contribution < 1.29 is 9.53 Å². The standard InChI is InChI=1S/C27H29N3O2/c31-26-27(30(21-28-26)24-14-8-3-9-15-24)16-18-29(19-17-27)25(23-12-6-2-7-13-23)32-20-22-10-4-1-5-11-22/h1-15,25H,16-21H2,(H,28,31). The van der Waals surface area contributed by atoms with Crippen molar-refractivity contribution in [3.8, 4) is 0 Å². The van der Waals surface area contributed by atoms with Crippen molar-refractivity contribution in [1.29, 1.82) is 0 Å². The average Bonchev–Trinajstić information content (AvgIpc) is 3.17. The van der Waals surface area contributed by atoms with Gasteiger partial charge in [-0.1, -0.05) is 78.9 Å². The summed E-state index contributed by atoms with van der Waals surface area (Å²) in [5.74, 6) is 0.141. The van der Waals surface area contributed by atoms with Crippen LogP contribution in [0.4, 0.5) is 5.69 Å². The van der Waals surface area contributed by atoms with E-state index in [1.165, 1.54) is 0 Å². The van der Waals surface area contributed by atoms with Gasteiger partial charge in [0.2, 0.25) is 5.91 Å². The SMILES string of the molecule is O=C1NCN(c2ccccc2)C12CCN(C(OCc1ccccc1)c1ccccc1)CC2. The van der Waals surface area contributed by atoms with Gasteiger partial charge in [0, 0.05) is 18.8 Å². The van der Waals surface area contributed by atoms with Gasteiger partial charge in [0.1, 0.15) is 11.8 Å². The Bertz CT molecular complexity index is 1020. The summed E-state index contributed by atoms with van der Waals surface area (Å²) in [5.41, 5.74) is 2.92. The molecule has 3 aromatic rings. The summed E-state index contributed by atoms with van der Waals surface area (Å²) in [4.78, 5) is 17.6. The number of benzene rings is 3. The number of carbonyl (C=O) groups is 1. The molecule has 0 bridgehead atoms. The second-order valence-corrected chi connectivity index (χ2v) is 8.55. The smallest absolute Gasteiger partial charge is 0.247 e. The van der Waals surface area contributed by atoms with E-state index in [-0.39, 0.29) is 12.1 Å². The number of piperidine rings is 1. The summed E-state index contributed by atoms with van der Waals surface area (Å²) in [6.45, 7) is 2.71. The zero-order valence-electron chi connectivity index (χ0n) is 18.2. The normalized spacial score (nSPS) is 19.1. The Balaban J connectivity index is 1.34. The fourth-order valence-electron chi connectivity index (χ4n) is 4.94. The molecule has 5 rings (SSSR count). The van der Waals surface area contributed by atoms with Crippen LogP contribution in [0.3, 0.4) is 0 Å². The van der Waals surface area contributed by atoms with Gasteiger partial charge in [-0.3, -0.25) is 9.69 Å². The minimum Gasteiger partial charge on any atom is -0.354 e. The Morgan fingerprint density at radius 2 is 1.44 bits per heavy atom. The van der Waals surface area contributed by atoms with E-state index in [1.54, 1.807) is 0 Å². The van der Waals surface area contributed by atoms with Crippen LogP contribution in [0, 0.1) is 0 Å². The second kappa shape index (κ2) is 9.15. The number of rotatable bonds is 6. The van der Waals surface area contributed by atoms with Crippen molar-refractivity contribution in [2.45, 2.75) is 31.2 Å². The van der Waals surface area contributed by atoms with Gasteiger partial charge in [-0.2, -0.15) is 0 Å². The van der Waals surface area contributed by atoms with E-state index in [2.05, 4.69) is 63.6 Å². The van der Waals surface area contributed by atoms with E-state index in [9.17, 15) is 4.79 Å². The van der Waals surface area contributed by atoms with Crippen molar-refractivity contribution in [2.24, 2.45) is 0 Å². The first kappa shape index (κ1) is 20.7. The van der Waals surface area contributed by atoms with Crippen LogP contribution in [0.2, 0.25) is 0 Å². The molecule has 1 unspecified atom stereocenters.